The molecule has 31 heavy (non-hydrogen) atoms. The highest BCUT2D eigenvalue weighted by Gasteiger charge is 2.15. The molecule has 0 atom stereocenters. The minimum atomic E-state index is -0.383. The zero-order valence-corrected chi connectivity index (χ0v) is 16.8. The maximum absolute atomic E-state index is 14.1. The van der Waals surface area contributed by atoms with Crippen molar-refractivity contribution in [2.45, 2.75) is 19.4 Å². The van der Waals surface area contributed by atoms with Gasteiger partial charge >= 0.3 is 0 Å². The van der Waals surface area contributed by atoms with E-state index in [1.165, 1.54) is 6.07 Å². The van der Waals surface area contributed by atoms with Crippen molar-refractivity contribution >= 4 is 34.4 Å². The molecule has 2 heterocycles. The molecule has 8 nitrogen and oxygen atoms in total. The number of anilines is 4. The number of aromatic nitrogens is 4. The van der Waals surface area contributed by atoms with E-state index < -0.39 is 0 Å². The number of para-hydroxylation sites is 1. The van der Waals surface area contributed by atoms with Crippen LogP contribution in [-0.4, -0.2) is 26.6 Å². The molecule has 0 radical (unpaired) electrons. The van der Waals surface area contributed by atoms with Crippen LogP contribution >= 0.6 is 0 Å². The van der Waals surface area contributed by atoms with E-state index in [1.807, 2.05) is 28.8 Å². The van der Waals surface area contributed by atoms with Gasteiger partial charge < -0.3 is 15.4 Å². The van der Waals surface area contributed by atoms with E-state index >= 15 is 0 Å². The third-order valence-electron chi connectivity index (χ3n) is 4.62. The molecule has 2 aromatic carbocycles. The van der Waals surface area contributed by atoms with E-state index in [0.717, 1.165) is 11.4 Å². The summed E-state index contributed by atoms with van der Waals surface area (Å²) in [7, 11) is 1.61. The topological polar surface area (TPSA) is 101 Å². The molecule has 4 aromatic rings. The summed E-state index contributed by atoms with van der Waals surface area (Å²) in [5.74, 6) is 1.21. The SMILES string of the molecule is COc1ccc(Nc2ncc3nc(Nc4ccccc4F)n(CCCC#N)c3n2)cc1. The summed E-state index contributed by atoms with van der Waals surface area (Å²) in [4.78, 5) is 13.5. The Morgan fingerprint density at radius 3 is 2.65 bits per heavy atom. The fourth-order valence-corrected chi connectivity index (χ4v) is 3.09. The highest BCUT2D eigenvalue weighted by atomic mass is 19.1. The van der Waals surface area contributed by atoms with Gasteiger partial charge in [0.15, 0.2) is 5.65 Å². The van der Waals surface area contributed by atoms with Gasteiger partial charge in [0.1, 0.15) is 17.1 Å². The summed E-state index contributed by atoms with van der Waals surface area (Å²) >= 11 is 0. The van der Waals surface area contributed by atoms with Crippen molar-refractivity contribution in [3.8, 4) is 11.8 Å². The largest absolute Gasteiger partial charge is 0.497 e. The Kier molecular flexibility index (Phi) is 5.89. The number of imidazole rings is 1. The molecular weight excluding hydrogens is 397 g/mol. The highest BCUT2D eigenvalue weighted by molar-refractivity contribution is 5.77. The predicted molar refractivity (Wildman–Crippen MR) is 116 cm³/mol. The molecule has 2 aromatic heterocycles. The molecular formula is C22H20FN7O. The van der Waals surface area contributed by atoms with Crippen LogP contribution in [0.15, 0.2) is 54.7 Å². The van der Waals surface area contributed by atoms with Crippen LogP contribution in [0.4, 0.5) is 27.7 Å². The Morgan fingerprint density at radius 2 is 1.90 bits per heavy atom. The molecule has 4 rings (SSSR count). The smallest absolute Gasteiger partial charge is 0.229 e. The Hall–Kier alpha value is -4.19. The number of hydrogen-bond donors (Lipinski definition) is 2. The lowest BCUT2D eigenvalue weighted by Gasteiger charge is -2.10. The number of halogens is 1. The van der Waals surface area contributed by atoms with Crippen molar-refractivity contribution in [3.63, 3.8) is 0 Å². The second-order valence-electron chi connectivity index (χ2n) is 6.71. The lowest BCUT2D eigenvalue weighted by atomic mass is 10.3. The van der Waals surface area contributed by atoms with Gasteiger partial charge in [0, 0.05) is 18.7 Å². The summed E-state index contributed by atoms with van der Waals surface area (Å²) in [6.07, 6.45) is 2.61. The Labute approximate surface area is 178 Å². The summed E-state index contributed by atoms with van der Waals surface area (Å²) in [6, 6.07) is 15.9. The Morgan fingerprint density at radius 1 is 1.10 bits per heavy atom. The van der Waals surface area contributed by atoms with Crippen LogP contribution in [0, 0.1) is 17.1 Å². The molecule has 0 unspecified atom stereocenters. The highest BCUT2D eigenvalue weighted by Crippen LogP contribution is 2.25. The van der Waals surface area contributed by atoms with E-state index in [4.69, 9.17) is 10.00 Å². The minimum Gasteiger partial charge on any atom is -0.497 e. The molecule has 0 saturated carbocycles. The van der Waals surface area contributed by atoms with Crippen LogP contribution < -0.4 is 15.4 Å². The van der Waals surface area contributed by atoms with E-state index in [9.17, 15) is 4.39 Å². The average molecular weight is 417 g/mol. The standard InChI is InChI=1S/C22H20FN7O/c1-31-16-10-8-15(9-11-16)26-21-25-14-19-20(29-21)30(13-5-4-12-24)22(28-19)27-18-7-3-2-6-17(18)23/h2-3,6-11,14H,4-5,13H2,1H3,(H,27,28)(H,25,26,29). The van der Waals surface area contributed by atoms with Crippen molar-refractivity contribution in [1.29, 1.82) is 5.26 Å². The molecule has 2 N–H and O–H groups in total. The first-order valence-corrected chi connectivity index (χ1v) is 9.71. The van der Waals surface area contributed by atoms with E-state index in [1.54, 1.807) is 31.5 Å². The lowest BCUT2D eigenvalue weighted by molar-refractivity contribution is 0.415. The number of hydrogen-bond acceptors (Lipinski definition) is 7. The van der Waals surface area contributed by atoms with Gasteiger partial charge in [-0.1, -0.05) is 12.1 Å². The van der Waals surface area contributed by atoms with Gasteiger partial charge in [-0.25, -0.2) is 14.4 Å². The first-order valence-electron chi connectivity index (χ1n) is 9.71. The van der Waals surface area contributed by atoms with Crippen molar-refractivity contribution in [3.05, 3.63) is 60.5 Å². The first-order chi connectivity index (χ1) is 15.2. The van der Waals surface area contributed by atoms with Crippen molar-refractivity contribution in [2.75, 3.05) is 17.7 Å². The van der Waals surface area contributed by atoms with Crippen molar-refractivity contribution in [2.24, 2.45) is 0 Å². The fraction of sp³-hybridized carbons (Fsp3) is 0.182. The normalized spacial score (nSPS) is 10.6. The summed E-state index contributed by atoms with van der Waals surface area (Å²) in [5.41, 5.74) is 2.27. The molecule has 0 aliphatic carbocycles. The van der Waals surface area contributed by atoms with Crippen LogP contribution in [-0.2, 0) is 6.54 Å². The number of methoxy groups -OCH3 is 1. The molecule has 0 spiro atoms. The van der Waals surface area contributed by atoms with Crippen LogP contribution in [0.1, 0.15) is 12.8 Å². The Balaban J connectivity index is 1.68. The zero-order valence-electron chi connectivity index (χ0n) is 16.8. The van der Waals surface area contributed by atoms with Crippen LogP contribution in [0.5, 0.6) is 5.75 Å². The number of rotatable bonds is 8. The second kappa shape index (κ2) is 9.09. The van der Waals surface area contributed by atoms with Gasteiger partial charge in [-0.3, -0.25) is 4.57 Å². The van der Waals surface area contributed by atoms with E-state index in [-0.39, 0.29) is 5.82 Å². The Bertz CT molecular complexity index is 1230. The van der Waals surface area contributed by atoms with Gasteiger partial charge in [0.05, 0.1) is 25.1 Å². The number of nitriles is 1. The average Bonchev–Trinajstić information content (AvgIpc) is 3.12. The maximum Gasteiger partial charge on any atom is 0.229 e. The number of nitrogens with one attached hydrogen (secondary N) is 2. The third-order valence-corrected chi connectivity index (χ3v) is 4.62. The minimum absolute atomic E-state index is 0.309. The summed E-state index contributed by atoms with van der Waals surface area (Å²) < 4.78 is 21.1. The molecule has 0 aliphatic heterocycles. The zero-order chi connectivity index (χ0) is 21.6. The number of aryl methyl sites for hydroxylation is 1. The number of ether oxygens (including phenoxy) is 1. The van der Waals surface area contributed by atoms with Gasteiger partial charge in [-0.2, -0.15) is 10.2 Å². The third kappa shape index (κ3) is 4.53. The molecule has 9 heteroatoms. The van der Waals surface area contributed by atoms with Gasteiger partial charge in [0.25, 0.3) is 0 Å². The summed E-state index contributed by atoms with van der Waals surface area (Å²) in [6.45, 7) is 0.500. The molecule has 156 valence electrons. The first kappa shape index (κ1) is 20.1. The molecule has 0 amide bonds. The van der Waals surface area contributed by atoms with Gasteiger partial charge in [-0.15, -0.1) is 0 Å². The van der Waals surface area contributed by atoms with Crippen LogP contribution in [0.25, 0.3) is 11.2 Å². The van der Waals surface area contributed by atoms with Crippen LogP contribution in [0.2, 0.25) is 0 Å². The van der Waals surface area contributed by atoms with Crippen molar-refractivity contribution in [1.82, 2.24) is 19.5 Å². The number of nitrogens with zero attached hydrogens (tertiary/aromatic N) is 5. The molecule has 0 aliphatic rings. The van der Waals surface area contributed by atoms with E-state index in [2.05, 4.69) is 31.7 Å². The molecule has 0 saturated heterocycles. The van der Waals surface area contributed by atoms with E-state index in [0.29, 0.717) is 48.1 Å². The lowest BCUT2D eigenvalue weighted by Crippen LogP contribution is -2.06. The number of benzene rings is 2. The molecule has 0 fully saturated rings. The fourth-order valence-electron chi connectivity index (χ4n) is 3.09. The monoisotopic (exact) mass is 417 g/mol. The quantitative estimate of drug-likeness (QED) is 0.398. The predicted octanol–water partition coefficient (Wildman–Crippen LogP) is 4.76. The van der Waals surface area contributed by atoms with Gasteiger partial charge in [0.2, 0.25) is 11.9 Å². The number of unbranched alkanes of at least 4 members (excludes halogenated alkanes) is 1. The number of fused-ring (bicyclic) bond motifs is 1. The summed E-state index contributed by atoms with van der Waals surface area (Å²) in [5, 5.41) is 15.1. The maximum atomic E-state index is 14.1. The van der Waals surface area contributed by atoms with Crippen molar-refractivity contribution < 1.29 is 9.13 Å². The molecule has 0 bridgehead atoms. The second-order valence-corrected chi connectivity index (χ2v) is 6.71. The van der Waals surface area contributed by atoms with Crippen LogP contribution in [0.3, 0.4) is 0 Å². The van der Waals surface area contributed by atoms with Gasteiger partial charge in [-0.05, 0) is 42.8 Å².